The van der Waals surface area contributed by atoms with Gasteiger partial charge in [0.1, 0.15) is 5.69 Å². The number of nitrogens with zero attached hydrogens (tertiary/aromatic N) is 3. The number of aromatic nitrogens is 2. The van der Waals surface area contributed by atoms with E-state index in [4.69, 9.17) is 5.73 Å². The van der Waals surface area contributed by atoms with E-state index in [0.717, 1.165) is 11.4 Å². The van der Waals surface area contributed by atoms with Crippen molar-refractivity contribution in [1.29, 1.82) is 0 Å². The van der Waals surface area contributed by atoms with Crippen molar-refractivity contribution in [2.24, 2.45) is 7.05 Å². The third kappa shape index (κ3) is 2.39. The molecule has 2 N–H and O–H groups in total. The van der Waals surface area contributed by atoms with E-state index in [2.05, 4.69) is 5.10 Å². The van der Waals surface area contributed by atoms with Crippen LogP contribution in [0, 0.1) is 0 Å². The van der Waals surface area contributed by atoms with Crippen LogP contribution in [0.5, 0.6) is 0 Å². The molecule has 1 aromatic carbocycles. The number of carbonyl (C=O) groups is 1. The van der Waals surface area contributed by atoms with Crippen molar-refractivity contribution in [3.8, 4) is 0 Å². The lowest BCUT2D eigenvalue weighted by Gasteiger charge is -2.21. The predicted octanol–water partition coefficient (Wildman–Crippen LogP) is 2.23. The van der Waals surface area contributed by atoms with Gasteiger partial charge in [0.05, 0.1) is 11.4 Å². The minimum Gasteiger partial charge on any atom is -0.395 e. The lowest BCUT2D eigenvalue weighted by atomic mass is 10.2. The lowest BCUT2D eigenvalue weighted by Crippen LogP contribution is -2.32. The van der Waals surface area contributed by atoms with Crippen molar-refractivity contribution in [2.75, 3.05) is 17.2 Å². The molecular formula is C15H20N4O. The van der Waals surface area contributed by atoms with Gasteiger partial charge in [0, 0.05) is 19.3 Å². The quantitative estimate of drug-likeness (QED) is 0.928. The van der Waals surface area contributed by atoms with Gasteiger partial charge in [-0.3, -0.25) is 9.48 Å². The van der Waals surface area contributed by atoms with Crippen molar-refractivity contribution in [3.05, 3.63) is 41.7 Å². The van der Waals surface area contributed by atoms with Gasteiger partial charge in [0.15, 0.2) is 0 Å². The second kappa shape index (κ2) is 5.77. The van der Waals surface area contributed by atoms with E-state index in [0.29, 0.717) is 24.3 Å². The molecule has 0 bridgehead atoms. The van der Waals surface area contributed by atoms with Crippen molar-refractivity contribution in [1.82, 2.24) is 9.78 Å². The van der Waals surface area contributed by atoms with Gasteiger partial charge in [0.25, 0.3) is 5.91 Å². The van der Waals surface area contributed by atoms with E-state index >= 15 is 0 Å². The molecule has 1 aromatic heterocycles. The summed E-state index contributed by atoms with van der Waals surface area (Å²) in [5, 5.41) is 4.30. The Hall–Kier alpha value is -2.30. The molecule has 0 spiro atoms. The van der Waals surface area contributed by atoms with E-state index in [1.807, 2.05) is 44.2 Å². The largest absolute Gasteiger partial charge is 0.395 e. The molecule has 106 valence electrons. The second-order valence-corrected chi connectivity index (χ2v) is 4.57. The first-order chi connectivity index (χ1) is 9.60. The molecule has 0 saturated heterocycles. The lowest BCUT2D eigenvalue weighted by molar-refractivity contribution is 0.0980. The molecule has 0 aliphatic rings. The average Bonchev–Trinajstić information content (AvgIpc) is 2.75. The molecule has 0 radical (unpaired) electrons. The molecule has 2 aromatic rings. The third-order valence-electron chi connectivity index (χ3n) is 3.33. The number of anilines is 2. The molecule has 20 heavy (non-hydrogen) atoms. The highest BCUT2D eigenvalue weighted by atomic mass is 16.2. The summed E-state index contributed by atoms with van der Waals surface area (Å²) in [6.45, 7) is 4.49. The maximum Gasteiger partial charge on any atom is 0.278 e. The summed E-state index contributed by atoms with van der Waals surface area (Å²) in [6, 6.07) is 9.57. The van der Waals surface area contributed by atoms with Crippen LogP contribution in [-0.4, -0.2) is 22.2 Å². The van der Waals surface area contributed by atoms with Crippen LogP contribution >= 0.6 is 0 Å². The molecule has 5 nitrogen and oxygen atoms in total. The van der Waals surface area contributed by atoms with E-state index in [9.17, 15) is 4.79 Å². The molecule has 0 atom stereocenters. The summed E-state index contributed by atoms with van der Waals surface area (Å²) < 4.78 is 1.57. The maximum absolute atomic E-state index is 12.7. The van der Waals surface area contributed by atoms with Crippen LogP contribution in [0.4, 0.5) is 11.4 Å². The maximum atomic E-state index is 12.7. The van der Waals surface area contributed by atoms with E-state index in [1.54, 1.807) is 16.6 Å². The summed E-state index contributed by atoms with van der Waals surface area (Å²) in [5.41, 5.74) is 8.61. The zero-order chi connectivity index (χ0) is 14.7. The molecule has 2 rings (SSSR count). The predicted molar refractivity (Wildman–Crippen MR) is 80.8 cm³/mol. The fourth-order valence-corrected chi connectivity index (χ4v) is 2.29. The first-order valence-electron chi connectivity index (χ1n) is 6.78. The highest BCUT2D eigenvalue weighted by Crippen LogP contribution is 2.22. The number of nitrogens with two attached hydrogens (primary N) is 1. The number of hydrogen-bond acceptors (Lipinski definition) is 3. The van der Waals surface area contributed by atoms with Crippen LogP contribution in [-0.2, 0) is 13.5 Å². The molecular weight excluding hydrogens is 252 g/mol. The highest BCUT2D eigenvalue weighted by molar-refractivity contribution is 6.08. The first kappa shape index (κ1) is 14.1. The Kier molecular flexibility index (Phi) is 4.08. The summed E-state index contributed by atoms with van der Waals surface area (Å²) in [6.07, 6.45) is 0.713. The van der Waals surface area contributed by atoms with Crippen molar-refractivity contribution >= 4 is 17.3 Å². The zero-order valence-electron chi connectivity index (χ0n) is 12.1. The Labute approximate surface area is 119 Å². The number of aryl methyl sites for hydroxylation is 2. The van der Waals surface area contributed by atoms with Crippen molar-refractivity contribution in [2.45, 2.75) is 20.3 Å². The van der Waals surface area contributed by atoms with Crippen LogP contribution in [0.1, 0.15) is 30.0 Å². The molecule has 0 unspecified atom stereocenters. The van der Waals surface area contributed by atoms with Gasteiger partial charge in [-0.25, -0.2) is 0 Å². The fourth-order valence-electron chi connectivity index (χ4n) is 2.29. The van der Waals surface area contributed by atoms with Crippen LogP contribution < -0.4 is 10.6 Å². The fraction of sp³-hybridized carbons (Fsp3) is 0.333. The van der Waals surface area contributed by atoms with E-state index in [1.165, 1.54) is 0 Å². The van der Waals surface area contributed by atoms with Gasteiger partial charge in [-0.1, -0.05) is 25.1 Å². The number of amides is 1. The van der Waals surface area contributed by atoms with Gasteiger partial charge in [0.2, 0.25) is 0 Å². The number of rotatable bonds is 4. The minimum atomic E-state index is -0.120. The number of benzene rings is 1. The Morgan fingerprint density at radius 3 is 2.45 bits per heavy atom. The molecule has 0 aliphatic heterocycles. The monoisotopic (exact) mass is 272 g/mol. The van der Waals surface area contributed by atoms with Crippen molar-refractivity contribution < 1.29 is 4.79 Å². The smallest absolute Gasteiger partial charge is 0.278 e. The summed E-state index contributed by atoms with van der Waals surface area (Å²) >= 11 is 0. The van der Waals surface area contributed by atoms with Crippen LogP contribution in [0.3, 0.4) is 0 Å². The van der Waals surface area contributed by atoms with Crippen LogP contribution in [0.2, 0.25) is 0 Å². The standard InChI is InChI=1S/C15H20N4O/c1-4-12-13(16)14(18(3)17-12)15(20)19(5-2)11-9-7-6-8-10-11/h6-10H,4-5,16H2,1-3H3. The molecule has 1 amide bonds. The normalized spacial score (nSPS) is 10.6. The molecule has 5 heteroatoms. The minimum absolute atomic E-state index is 0.120. The molecule has 0 saturated carbocycles. The SMILES string of the molecule is CCc1nn(C)c(C(=O)N(CC)c2ccccc2)c1N. The van der Waals surface area contributed by atoms with Gasteiger partial charge < -0.3 is 10.6 Å². The summed E-state index contributed by atoms with van der Waals surface area (Å²) in [5.74, 6) is -0.120. The second-order valence-electron chi connectivity index (χ2n) is 4.57. The Bertz CT molecular complexity index is 604. The Morgan fingerprint density at radius 1 is 1.30 bits per heavy atom. The van der Waals surface area contributed by atoms with Crippen LogP contribution in [0.25, 0.3) is 0 Å². The number of carbonyl (C=O) groups excluding carboxylic acids is 1. The van der Waals surface area contributed by atoms with Gasteiger partial charge in [-0.2, -0.15) is 5.10 Å². The van der Waals surface area contributed by atoms with E-state index < -0.39 is 0 Å². The topological polar surface area (TPSA) is 64.2 Å². The highest BCUT2D eigenvalue weighted by Gasteiger charge is 2.24. The number of nitrogen functional groups attached to an aromatic ring is 1. The van der Waals surface area contributed by atoms with Crippen LogP contribution in [0.15, 0.2) is 30.3 Å². The zero-order valence-corrected chi connectivity index (χ0v) is 12.1. The molecule has 0 aliphatic carbocycles. The molecule has 0 fully saturated rings. The summed E-state index contributed by atoms with van der Waals surface area (Å²) in [7, 11) is 1.75. The van der Waals surface area contributed by atoms with E-state index in [-0.39, 0.29) is 5.91 Å². The van der Waals surface area contributed by atoms with Gasteiger partial charge >= 0.3 is 0 Å². The summed E-state index contributed by atoms with van der Waals surface area (Å²) in [4.78, 5) is 14.4. The Morgan fingerprint density at radius 2 is 1.95 bits per heavy atom. The Balaban J connectivity index is 2.42. The molecule has 1 heterocycles. The van der Waals surface area contributed by atoms with Gasteiger partial charge in [-0.05, 0) is 25.5 Å². The average molecular weight is 272 g/mol. The van der Waals surface area contributed by atoms with Gasteiger partial charge in [-0.15, -0.1) is 0 Å². The number of hydrogen-bond donors (Lipinski definition) is 1. The van der Waals surface area contributed by atoms with Crippen molar-refractivity contribution in [3.63, 3.8) is 0 Å². The third-order valence-corrected chi connectivity index (χ3v) is 3.33. The first-order valence-corrected chi connectivity index (χ1v) is 6.78. The number of para-hydroxylation sites is 1.